The lowest BCUT2D eigenvalue weighted by molar-refractivity contribution is 0.0872. The third kappa shape index (κ3) is 3.63. The lowest BCUT2D eigenvalue weighted by atomic mass is 10.1. The van der Waals surface area contributed by atoms with Crippen molar-refractivity contribution in [3.63, 3.8) is 0 Å². The highest BCUT2D eigenvalue weighted by Crippen LogP contribution is 2.19. The Labute approximate surface area is 144 Å². The van der Waals surface area contributed by atoms with Crippen LogP contribution < -0.4 is 0 Å². The number of likely N-dealkylation sites (tertiary alicyclic amines) is 1. The van der Waals surface area contributed by atoms with Gasteiger partial charge in [0.1, 0.15) is 5.65 Å². The lowest BCUT2D eigenvalue weighted by Crippen LogP contribution is -2.51. The molecule has 2 aromatic rings. The zero-order valence-electron chi connectivity index (χ0n) is 14.8. The molecular formula is C19H29N5. The number of rotatable bonds is 3. The zero-order chi connectivity index (χ0) is 16.4. The Kier molecular flexibility index (Phi) is 4.83. The monoisotopic (exact) mass is 327 g/mol. The van der Waals surface area contributed by atoms with Gasteiger partial charge in [-0.3, -0.25) is 9.80 Å². The first-order valence-electron chi connectivity index (χ1n) is 9.35. The van der Waals surface area contributed by atoms with Crippen LogP contribution >= 0.6 is 0 Å². The van der Waals surface area contributed by atoms with Crippen LogP contribution in [-0.4, -0.2) is 76.4 Å². The molecule has 2 aliphatic heterocycles. The Morgan fingerprint density at radius 3 is 2.79 bits per heavy atom. The van der Waals surface area contributed by atoms with Crippen molar-refractivity contribution < 1.29 is 0 Å². The third-order valence-electron chi connectivity index (χ3n) is 5.58. The summed E-state index contributed by atoms with van der Waals surface area (Å²) >= 11 is 0. The fourth-order valence-corrected chi connectivity index (χ4v) is 4.12. The normalized spacial score (nSPS) is 25.1. The molecule has 2 aliphatic rings. The van der Waals surface area contributed by atoms with Crippen molar-refractivity contribution in [3.05, 3.63) is 36.3 Å². The van der Waals surface area contributed by atoms with Gasteiger partial charge in [0.05, 0.1) is 5.69 Å². The number of nitrogens with zero attached hydrogens (tertiary/aromatic N) is 5. The maximum absolute atomic E-state index is 4.79. The molecule has 5 nitrogen and oxygen atoms in total. The first-order valence-corrected chi connectivity index (χ1v) is 9.35. The van der Waals surface area contributed by atoms with Crippen LogP contribution in [0.25, 0.3) is 5.65 Å². The second kappa shape index (κ2) is 7.21. The quantitative estimate of drug-likeness (QED) is 0.861. The van der Waals surface area contributed by atoms with Crippen LogP contribution in [0.1, 0.15) is 25.0 Å². The summed E-state index contributed by atoms with van der Waals surface area (Å²) in [6, 6.07) is 6.92. The number of fused-ring (bicyclic) bond motifs is 1. The van der Waals surface area contributed by atoms with Crippen LogP contribution in [0.15, 0.2) is 30.6 Å². The number of aromatic nitrogens is 2. The fraction of sp³-hybridized carbons (Fsp3) is 0.632. The van der Waals surface area contributed by atoms with Crippen LogP contribution in [0.3, 0.4) is 0 Å². The predicted molar refractivity (Wildman–Crippen MR) is 97.2 cm³/mol. The van der Waals surface area contributed by atoms with Crippen LogP contribution in [0.5, 0.6) is 0 Å². The van der Waals surface area contributed by atoms with Gasteiger partial charge in [-0.15, -0.1) is 0 Å². The Morgan fingerprint density at radius 1 is 1.08 bits per heavy atom. The smallest absolute Gasteiger partial charge is 0.137 e. The SMILES string of the molecule is CN1CCN([C@@H]2CCCCN(Cc3cn4ccccc4n3)C2)CC1. The summed E-state index contributed by atoms with van der Waals surface area (Å²) in [6.45, 7) is 8.25. The second-order valence-electron chi connectivity index (χ2n) is 7.42. The molecule has 1 atom stereocenters. The van der Waals surface area contributed by atoms with Gasteiger partial charge in [0.15, 0.2) is 0 Å². The lowest BCUT2D eigenvalue weighted by Gasteiger charge is -2.39. The van der Waals surface area contributed by atoms with E-state index in [1.54, 1.807) is 0 Å². The predicted octanol–water partition coefficient (Wildman–Crippen LogP) is 1.94. The minimum absolute atomic E-state index is 0.721. The van der Waals surface area contributed by atoms with E-state index in [1.165, 1.54) is 64.2 Å². The summed E-state index contributed by atoms with van der Waals surface area (Å²) in [4.78, 5) is 12.6. The van der Waals surface area contributed by atoms with Gasteiger partial charge in [0, 0.05) is 57.7 Å². The van der Waals surface area contributed by atoms with Crippen LogP contribution in [0.4, 0.5) is 0 Å². The van der Waals surface area contributed by atoms with Crippen molar-refractivity contribution in [1.82, 2.24) is 24.1 Å². The third-order valence-corrected chi connectivity index (χ3v) is 5.58. The van der Waals surface area contributed by atoms with E-state index >= 15 is 0 Å². The van der Waals surface area contributed by atoms with E-state index in [2.05, 4.69) is 56.7 Å². The summed E-state index contributed by atoms with van der Waals surface area (Å²) in [5, 5.41) is 0. The topological polar surface area (TPSA) is 27.0 Å². The zero-order valence-corrected chi connectivity index (χ0v) is 14.8. The number of pyridine rings is 1. The van der Waals surface area contributed by atoms with Crippen molar-refractivity contribution in [2.24, 2.45) is 0 Å². The molecule has 24 heavy (non-hydrogen) atoms. The van der Waals surface area contributed by atoms with Crippen LogP contribution in [0.2, 0.25) is 0 Å². The van der Waals surface area contributed by atoms with Crippen molar-refractivity contribution >= 4 is 5.65 Å². The number of hydrogen-bond donors (Lipinski definition) is 0. The standard InChI is InChI=1S/C19H29N5/c1-21-10-12-23(13-11-21)18-6-2-4-8-22(16-18)14-17-15-24-9-5-3-7-19(24)20-17/h3,5,7,9,15,18H,2,4,6,8,10-14,16H2,1H3/t18-/m1/s1. The van der Waals surface area contributed by atoms with Crippen LogP contribution in [-0.2, 0) is 6.54 Å². The van der Waals surface area contributed by atoms with Crippen molar-refractivity contribution in [1.29, 1.82) is 0 Å². The average Bonchev–Trinajstić information content (AvgIpc) is 2.85. The molecule has 4 rings (SSSR count). The molecule has 2 saturated heterocycles. The molecule has 0 aliphatic carbocycles. The molecule has 2 fully saturated rings. The van der Waals surface area contributed by atoms with Gasteiger partial charge < -0.3 is 9.30 Å². The fourth-order valence-electron chi connectivity index (χ4n) is 4.12. The molecule has 0 spiro atoms. The molecule has 0 saturated carbocycles. The minimum atomic E-state index is 0.721. The van der Waals surface area contributed by atoms with E-state index < -0.39 is 0 Å². The van der Waals surface area contributed by atoms with Crippen molar-refractivity contribution in [2.45, 2.75) is 31.8 Å². The molecule has 2 aromatic heterocycles. The molecule has 0 radical (unpaired) electrons. The van der Waals surface area contributed by atoms with Gasteiger partial charge in [-0.1, -0.05) is 12.5 Å². The highest BCUT2D eigenvalue weighted by atomic mass is 15.3. The van der Waals surface area contributed by atoms with E-state index in [9.17, 15) is 0 Å². The number of piperazine rings is 1. The van der Waals surface area contributed by atoms with E-state index in [4.69, 9.17) is 4.98 Å². The first kappa shape index (κ1) is 16.1. The summed E-state index contributed by atoms with van der Waals surface area (Å²) < 4.78 is 2.13. The van der Waals surface area contributed by atoms with Gasteiger partial charge in [-0.2, -0.15) is 0 Å². The van der Waals surface area contributed by atoms with E-state index in [-0.39, 0.29) is 0 Å². The number of likely N-dealkylation sites (N-methyl/N-ethyl adjacent to an activating group) is 1. The molecule has 0 N–H and O–H groups in total. The molecule has 130 valence electrons. The van der Waals surface area contributed by atoms with Crippen LogP contribution in [0, 0.1) is 0 Å². The molecule has 0 aromatic carbocycles. The summed E-state index contributed by atoms with van der Waals surface area (Å²) in [6.07, 6.45) is 8.30. The maximum Gasteiger partial charge on any atom is 0.137 e. The van der Waals surface area contributed by atoms with Gasteiger partial charge in [0.25, 0.3) is 0 Å². The highest BCUT2D eigenvalue weighted by Gasteiger charge is 2.26. The first-order chi connectivity index (χ1) is 11.8. The highest BCUT2D eigenvalue weighted by molar-refractivity contribution is 5.39. The van der Waals surface area contributed by atoms with Crippen molar-refractivity contribution in [2.75, 3.05) is 46.3 Å². The van der Waals surface area contributed by atoms with E-state index in [0.29, 0.717) is 0 Å². The number of imidazole rings is 1. The summed E-state index contributed by atoms with van der Waals surface area (Å²) in [7, 11) is 2.24. The van der Waals surface area contributed by atoms with E-state index in [1.807, 2.05) is 0 Å². The molecule has 4 heterocycles. The maximum atomic E-state index is 4.79. The van der Waals surface area contributed by atoms with Gasteiger partial charge >= 0.3 is 0 Å². The average molecular weight is 327 g/mol. The number of hydrogen-bond acceptors (Lipinski definition) is 4. The molecule has 0 bridgehead atoms. The Hall–Kier alpha value is -1.43. The summed E-state index contributed by atoms with van der Waals surface area (Å²) in [5.41, 5.74) is 2.25. The Morgan fingerprint density at radius 2 is 1.96 bits per heavy atom. The second-order valence-corrected chi connectivity index (χ2v) is 7.42. The molecule has 0 unspecified atom stereocenters. The Bertz CT molecular complexity index is 626. The molecular weight excluding hydrogens is 298 g/mol. The molecule has 5 heteroatoms. The van der Waals surface area contributed by atoms with Gasteiger partial charge in [-0.05, 0) is 38.6 Å². The molecule has 0 amide bonds. The summed E-state index contributed by atoms with van der Waals surface area (Å²) in [5.74, 6) is 0. The minimum Gasteiger partial charge on any atom is -0.307 e. The van der Waals surface area contributed by atoms with Gasteiger partial charge in [0.2, 0.25) is 0 Å². The van der Waals surface area contributed by atoms with Crippen molar-refractivity contribution in [3.8, 4) is 0 Å². The van der Waals surface area contributed by atoms with Gasteiger partial charge in [-0.25, -0.2) is 4.98 Å². The largest absolute Gasteiger partial charge is 0.307 e. The van der Waals surface area contributed by atoms with E-state index in [0.717, 1.165) is 18.2 Å². The Balaban J connectivity index is 1.42.